The van der Waals surface area contributed by atoms with E-state index in [4.69, 9.17) is 5.73 Å². The van der Waals surface area contributed by atoms with E-state index < -0.39 is 0 Å². The fourth-order valence-electron chi connectivity index (χ4n) is 1.70. The van der Waals surface area contributed by atoms with Gasteiger partial charge in [0.2, 0.25) is 0 Å². The Kier molecular flexibility index (Phi) is 4.82. The van der Waals surface area contributed by atoms with Crippen LogP contribution in [0, 0.1) is 0 Å². The number of nitrogens with two attached hydrogens (primary N) is 1. The normalized spacial score (nSPS) is 13.1. The third-order valence-electron chi connectivity index (χ3n) is 2.87. The lowest BCUT2D eigenvalue weighted by molar-refractivity contribution is 0.555. The molecule has 0 fully saturated rings. The van der Waals surface area contributed by atoms with Crippen molar-refractivity contribution in [3.8, 4) is 0 Å². The summed E-state index contributed by atoms with van der Waals surface area (Å²) in [6.45, 7) is 7.37. The molecule has 0 aromatic carbocycles. The highest BCUT2D eigenvalue weighted by Crippen LogP contribution is 2.09. The predicted octanol–water partition coefficient (Wildman–Crippen LogP) is 2.14. The Hall–Kier alpha value is -0.830. The molecule has 1 rings (SSSR count). The van der Waals surface area contributed by atoms with Crippen molar-refractivity contribution in [3.05, 3.63) is 17.5 Å². The average molecular weight is 209 g/mol. The van der Waals surface area contributed by atoms with Crippen molar-refractivity contribution < 1.29 is 0 Å². The third-order valence-corrected chi connectivity index (χ3v) is 2.87. The Labute approximate surface area is 92.7 Å². The van der Waals surface area contributed by atoms with E-state index in [0.29, 0.717) is 6.04 Å². The molecule has 1 unspecified atom stereocenters. The molecule has 0 saturated heterocycles. The summed E-state index contributed by atoms with van der Waals surface area (Å²) in [5.74, 6) is 0. The van der Waals surface area contributed by atoms with Gasteiger partial charge in [0, 0.05) is 18.3 Å². The maximum atomic E-state index is 5.92. The smallest absolute Gasteiger partial charge is 0.0624 e. The zero-order valence-corrected chi connectivity index (χ0v) is 10.2. The monoisotopic (exact) mass is 209 g/mol. The molecule has 0 amide bonds. The van der Waals surface area contributed by atoms with Crippen LogP contribution in [0.3, 0.4) is 0 Å². The van der Waals surface area contributed by atoms with Crippen LogP contribution in [0.1, 0.15) is 45.0 Å². The number of nitrogens with zero attached hydrogens (tertiary/aromatic N) is 2. The highest BCUT2D eigenvalue weighted by atomic mass is 15.3. The number of aromatic nitrogens is 2. The number of hydrogen-bond donors (Lipinski definition) is 1. The van der Waals surface area contributed by atoms with Crippen molar-refractivity contribution in [3.63, 3.8) is 0 Å². The minimum atomic E-state index is 0.329. The molecule has 0 aliphatic rings. The summed E-state index contributed by atoms with van der Waals surface area (Å²) < 4.78 is 2.10. The van der Waals surface area contributed by atoms with Crippen molar-refractivity contribution in [2.24, 2.45) is 5.73 Å². The first-order valence-electron chi connectivity index (χ1n) is 6.02. The van der Waals surface area contributed by atoms with Gasteiger partial charge in [0.25, 0.3) is 0 Å². The molecule has 3 nitrogen and oxygen atoms in total. The first-order valence-corrected chi connectivity index (χ1v) is 6.02. The van der Waals surface area contributed by atoms with Gasteiger partial charge in [-0.1, -0.05) is 13.8 Å². The Morgan fingerprint density at radius 3 is 2.67 bits per heavy atom. The van der Waals surface area contributed by atoms with Crippen molar-refractivity contribution >= 4 is 0 Å². The molecule has 0 saturated carbocycles. The Balaban J connectivity index is 2.62. The van der Waals surface area contributed by atoms with E-state index >= 15 is 0 Å². The minimum absolute atomic E-state index is 0.329. The summed E-state index contributed by atoms with van der Waals surface area (Å²) in [5, 5.41) is 4.53. The molecule has 86 valence electrons. The molecular formula is C12H23N3. The molecular weight excluding hydrogens is 186 g/mol. The summed E-state index contributed by atoms with van der Waals surface area (Å²) in [7, 11) is 0. The summed E-state index contributed by atoms with van der Waals surface area (Å²) in [4.78, 5) is 0. The quantitative estimate of drug-likeness (QED) is 0.780. The first kappa shape index (κ1) is 12.2. The summed E-state index contributed by atoms with van der Waals surface area (Å²) in [6, 6.07) is 2.54. The van der Waals surface area contributed by atoms with Crippen LogP contribution in [0.15, 0.2) is 6.07 Å². The number of aryl methyl sites for hydroxylation is 3. The van der Waals surface area contributed by atoms with Gasteiger partial charge in [-0.25, -0.2) is 0 Å². The van der Waals surface area contributed by atoms with Gasteiger partial charge in [-0.05, 0) is 38.7 Å². The van der Waals surface area contributed by atoms with E-state index in [1.54, 1.807) is 0 Å². The fraction of sp³-hybridized carbons (Fsp3) is 0.750. The summed E-state index contributed by atoms with van der Waals surface area (Å²) in [6.07, 6.45) is 4.18. The van der Waals surface area contributed by atoms with Crippen LogP contribution in [0.5, 0.6) is 0 Å². The maximum absolute atomic E-state index is 5.92. The second kappa shape index (κ2) is 5.91. The zero-order valence-electron chi connectivity index (χ0n) is 10.2. The number of rotatable bonds is 6. The Morgan fingerprint density at radius 2 is 2.13 bits per heavy atom. The van der Waals surface area contributed by atoms with E-state index in [2.05, 4.69) is 36.6 Å². The first-order chi connectivity index (χ1) is 7.21. The molecule has 1 aromatic rings. The topological polar surface area (TPSA) is 43.8 Å². The molecule has 1 aromatic heterocycles. The molecule has 0 spiro atoms. The lowest BCUT2D eigenvalue weighted by atomic mass is 10.1. The maximum Gasteiger partial charge on any atom is 0.0624 e. The van der Waals surface area contributed by atoms with E-state index in [1.807, 2.05) is 0 Å². The highest BCUT2D eigenvalue weighted by Gasteiger charge is 2.07. The van der Waals surface area contributed by atoms with Crippen LogP contribution in [0.2, 0.25) is 0 Å². The van der Waals surface area contributed by atoms with Gasteiger partial charge in [-0.15, -0.1) is 0 Å². The largest absolute Gasteiger partial charge is 0.328 e. The molecule has 0 bridgehead atoms. The van der Waals surface area contributed by atoms with Gasteiger partial charge < -0.3 is 5.73 Å². The number of hydrogen-bond acceptors (Lipinski definition) is 2. The molecule has 0 aliphatic heterocycles. The standard InChI is InChI=1S/C12H23N3/c1-4-10(13)7-8-12-9-11(5-2)14-15(12)6-3/h9-10H,4-8,13H2,1-3H3. The van der Waals surface area contributed by atoms with E-state index in [0.717, 1.165) is 32.2 Å². The van der Waals surface area contributed by atoms with Crippen LogP contribution in [0.25, 0.3) is 0 Å². The van der Waals surface area contributed by atoms with Crippen LogP contribution in [-0.2, 0) is 19.4 Å². The van der Waals surface area contributed by atoms with E-state index in [1.165, 1.54) is 11.4 Å². The zero-order chi connectivity index (χ0) is 11.3. The summed E-state index contributed by atoms with van der Waals surface area (Å²) >= 11 is 0. The van der Waals surface area contributed by atoms with Crippen molar-refractivity contribution in [1.82, 2.24) is 9.78 Å². The van der Waals surface area contributed by atoms with Crippen molar-refractivity contribution in [2.45, 2.75) is 59.0 Å². The minimum Gasteiger partial charge on any atom is -0.328 e. The predicted molar refractivity (Wildman–Crippen MR) is 63.9 cm³/mol. The van der Waals surface area contributed by atoms with Crippen LogP contribution < -0.4 is 5.73 Å². The third kappa shape index (κ3) is 3.34. The summed E-state index contributed by atoms with van der Waals surface area (Å²) in [5.41, 5.74) is 8.45. The fourth-order valence-corrected chi connectivity index (χ4v) is 1.70. The van der Waals surface area contributed by atoms with Crippen molar-refractivity contribution in [2.75, 3.05) is 0 Å². The van der Waals surface area contributed by atoms with Gasteiger partial charge in [0.05, 0.1) is 5.69 Å². The molecule has 2 N–H and O–H groups in total. The van der Waals surface area contributed by atoms with Crippen LogP contribution in [-0.4, -0.2) is 15.8 Å². The van der Waals surface area contributed by atoms with Gasteiger partial charge in [-0.3, -0.25) is 4.68 Å². The molecule has 15 heavy (non-hydrogen) atoms. The molecule has 1 heterocycles. The lowest BCUT2D eigenvalue weighted by Crippen LogP contribution is -2.19. The second-order valence-corrected chi connectivity index (χ2v) is 4.00. The van der Waals surface area contributed by atoms with Crippen molar-refractivity contribution in [1.29, 1.82) is 0 Å². The SMILES string of the molecule is CCc1cc(CCC(N)CC)n(CC)n1. The molecule has 0 radical (unpaired) electrons. The second-order valence-electron chi connectivity index (χ2n) is 4.00. The van der Waals surface area contributed by atoms with Gasteiger partial charge in [0.1, 0.15) is 0 Å². The van der Waals surface area contributed by atoms with Gasteiger partial charge in [0.15, 0.2) is 0 Å². The molecule has 3 heteroatoms. The van der Waals surface area contributed by atoms with Gasteiger partial charge in [-0.2, -0.15) is 5.10 Å². The molecule has 0 aliphatic carbocycles. The van der Waals surface area contributed by atoms with Gasteiger partial charge >= 0.3 is 0 Å². The van der Waals surface area contributed by atoms with E-state index in [9.17, 15) is 0 Å². The van der Waals surface area contributed by atoms with E-state index in [-0.39, 0.29) is 0 Å². The lowest BCUT2D eigenvalue weighted by Gasteiger charge is -2.08. The Morgan fingerprint density at radius 1 is 1.40 bits per heavy atom. The molecule has 1 atom stereocenters. The average Bonchev–Trinajstić information content (AvgIpc) is 2.68. The van der Waals surface area contributed by atoms with Crippen LogP contribution >= 0.6 is 0 Å². The Bertz CT molecular complexity index is 291. The van der Waals surface area contributed by atoms with Crippen LogP contribution in [0.4, 0.5) is 0 Å². The highest BCUT2D eigenvalue weighted by molar-refractivity contribution is 5.10.